The topological polar surface area (TPSA) is 60.3 Å². The third kappa shape index (κ3) is 7.94. The summed E-state index contributed by atoms with van der Waals surface area (Å²) in [6.07, 6.45) is 14.3. The van der Waals surface area contributed by atoms with Gasteiger partial charge in [-0.3, -0.25) is 4.99 Å². The quantitative estimate of drug-likeness (QED) is 0.0957. The number of hydrogen-bond acceptors (Lipinski definition) is 5. The van der Waals surface area contributed by atoms with E-state index in [2.05, 4.69) is 231 Å². The lowest BCUT2D eigenvalue weighted by Crippen LogP contribution is -2.30. The third-order valence-electron chi connectivity index (χ3n) is 15.0. The number of nitrogens with zero attached hydrogens (tertiary/aromatic N) is 4. The maximum Gasteiger partial charge on any atom is 0.0972 e. The first kappa shape index (κ1) is 45.0. The number of ether oxygens (including phenoxy) is 1. The minimum Gasteiger partial charge on any atom is -0.375 e. The monoisotopic (exact) mass is 952 g/mol. The molecule has 0 radical (unpaired) electrons. The predicted molar refractivity (Wildman–Crippen MR) is 306 cm³/mol. The van der Waals surface area contributed by atoms with Crippen LogP contribution in [0.15, 0.2) is 259 Å². The first-order valence-corrected chi connectivity index (χ1v) is 25.7. The van der Waals surface area contributed by atoms with Gasteiger partial charge >= 0.3 is 0 Å². The first-order valence-electron chi connectivity index (χ1n) is 25.7. The molecule has 2 atom stereocenters. The minimum atomic E-state index is -0.479. The molecule has 74 heavy (non-hydrogen) atoms. The van der Waals surface area contributed by atoms with Gasteiger partial charge in [0.1, 0.15) is 0 Å². The summed E-state index contributed by atoms with van der Waals surface area (Å²) in [7, 11) is 0. The number of aromatic nitrogens is 3. The molecule has 0 N–H and O–H groups in total. The molecule has 2 aliphatic carbocycles. The van der Waals surface area contributed by atoms with E-state index in [9.17, 15) is 0 Å². The molecule has 5 nitrogen and oxygen atoms in total. The van der Waals surface area contributed by atoms with Crippen molar-refractivity contribution in [3.63, 3.8) is 0 Å². The van der Waals surface area contributed by atoms with E-state index >= 15 is 0 Å². The van der Waals surface area contributed by atoms with E-state index in [-0.39, 0.29) is 12.0 Å². The maximum atomic E-state index is 5.79. The molecule has 2 unspecified atom stereocenters. The summed E-state index contributed by atoms with van der Waals surface area (Å²) < 4.78 is 5.79. The van der Waals surface area contributed by atoms with E-state index in [1.165, 1.54) is 39.0 Å². The number of rotatable bonds is 11. The molecule has 5 heteroatoms. The minimum absolute atomic E-state index is 0.0309. The summed E-state index contributed by atoms with van der Waals surface area (Å²) in [6, 6.07) is 73.7. The summed E-state index contributed by atoms with van der Waals surface area (Å²) in [5, 5.41) is 3.18. The molecule has 0 fully saturated rings. The fourth-order valence-corrected chi connectivity index (χ4v) is 11.5. The van der Waals surface area contributed by atoms with Crippen LogP contribution in [0.25, 0.3) is 77.8 Å². The van der Waals surface area contributed by atoms with Gasteiger partial charge in [0.15, 0.2) is 0 Å². The molecular formula is C69H52N4O. The molecule has 4 heterocycles. The summed E-state index contributed by atoms with van der Waals surface area (Å²) >= 11 is 0. The number of allylic oxidation sites excluding steroid dienone is 8. The van der Waals surface area contributed by atoms with Crippen LogP contribution in [0.5, 0.6) is 0 Å². The molecule has 7 aromatic carbocycles. The average molecular weight is 953 g/mol. The second-order valence-corrected chi connectivity index (χ2v) is 19.4. The molecule has 10 aromatic rings. The zero-order chi connectivity index (χ0) is 49.6. The Morgan fingerprint density at radius 1 is 0.568 bits per heavy atom. The molecule has 1 aliphatic heterocycles. The van der Waals surface area contributed by atoms with Crippen molar-refractivity contribution in [3.8, 4) is 33.8 Å². The van der Waals surface area contributed by atoms with Gasteiger partial charge < -0.3 is 4.74 Å². The SMILES string of the molecule is CCOC(C)/C=C\C=C/C1=NC(c2cccc(-c3ccc4cc(-c5ccc6ccc7ccc(-c8ccccc8)nc7c6n5)ccc4n3)c2)=C2C=C3C(=CC2C1)C(c1ccccc1)(c1ccccc1)c1ccccc13. The third-order valence-corrected chi connectivity index (χ3v) is 15.0. The molecule has 3 aliphatic rings. The molecule has 0 amide bonds. The van der Waals surface area contributed by atoms with E-state index in [1.54, 1.807) is 0 Å². The van der Waals surface area contributed by atoms with Crippen molar-refractivity contribution in [2.24, 2.45) is 10.9 Å². The van der Waals surface area contributed by atoms with E-state index in [1.807, 2.05) is 25.1 Å². The Morgan fingerprint density at radius 3 is 1.88 bits per heavy atom. The zero-order valence-electron chi connectivity index (χ0n) is 41.4. The van der Waals surface area contributed by atoms with Gasteiger partial charge in [-0.15, -0.1) is 0 Å². The van der Waals surface area contributed by atoms with Crippen molar-refractivity contribution in [1.82, 2.24) is 15.0 Å². The van der Waals surface area contributed by atoms with Crippen LogP contribution in [0.3, 0.4) is 0 Å². The van der Waals surface area contributed by atoms with Gasteiger partial charge in [-0.1, -0.05) is 194 Å². The van der Waals surface area contributed by atoms with Crippen LogP contribution in [0, 0.1) is 5.92 Å². The Morgan fingerprint density at radius 2 is 1.16 bits per heavy atom. The Kier molecular flexibility index (Phi) is 11.5. The van der Waals surface area contributed by atoms with Crippen molar-refractivity contribution in [2.75, 3.05) is 6.61 Å². The molecule has 0 saturated carbocycles. The fourth-order valence-electron chi connectivity index (χ4n) is 11.5. The second kappa shape index (κ2) is 18.9. The first-order chi connectivity index (χ1) is 36.5. The lowest BCUT2D eigenvalue weighted by molar-refractivity contribution is 0.109. The lowest BCUT2D eigenvalue weighted by atomic mass is 9.65. The Hall–Kier alpha value is -8.90. The molecule has 0 bridgehead atoms. The number of aliphatic imine (C=N–C) groups is 1. The second-order valence-electron chi connectivity index (χ2n) is 19.4. The highest BCUT2D eigenvalue weighted by molar-refractivity contribution is 6.06. The molecule has 354 valence electrons. The van der Waals surface area contributed by atoms with Crippen LogP contribution in [-0.2, 0) is 10.2 Å². The summed E-state index contributed by atoms with van der Waals surface area (Å²) in [6.45, 7) is 4.77. The van der Waals surface area contributed by atoms with Crippen molar-refractivity contribution in [3.05, 3.63) is 282 Å². The molecule has 0 saturated heterocycles. The van der Waals surface area contributed by atoms with Crippen LogP contribution < -0.4 is 0 Å². The Labute approximate surface area is 432 Å². The van der Waals surface area contributed by atoms with E-state index < -0.39 is 5.41 Å². The fraction of sp³-hybridized carbons (Fsp3) is 0.101. The van der Waals surface area contributed by atoms with Crippen LogP contribution in [0.4, 0.5) is 0 Å². The van der Waals surface area contributed by atoms with Gasteiger partial charge in [0.2, 0.25) is 0 Å². The summed E-state index contributed by atoms with van der Waals surface area (Å²) in [5.74, 6) is 0.0869. The maximum absolute atomic E-state index is 5.79. The lowest BCUT2D eigenvalue weighted by Gasteiger charge is -2.37. The highest BCUT2D eigenvalue weighted by atomic mass is 16.5. The normalized spacial score (nSPS) is 16.3. The van der Waals surface area contributed by atoms with Gasteiger partial charge in [0, 0.05) is 63.1 Å². The van der Waals surface area contributed by atoms with Crippen molar-refractivity contribution >= 4 is 49.7 Å². The molecule has 13 rings (SSSR count). The predicted octanol–water partition coefficient (Wildman–Crippen LogP) is 16.4. The standard InChI is InChI=1S/C69H52N4O/c1-3-74-45(2)18-13-14-27-56-42-53-43-61-59(57-28-15-16-29-60(57)69(61,54-23-9-5-10-24-54)55-25-11-6-12-26-55)44-58(53)66(70-56)52-22-17-21-49(41-52)63-38-34-50-40-51(35-39-64(50)71-63)65-37-33-48-31-30-47-32-36-62(46-19-7-4-8-20-46)72-67(47)68(48)73-65/h4-41,43-45,53H,3,42H2,1-2H3/b18-13-,27-14-. The van der Waals surface area contributed by atoms with Crippen LogP contribution in [0.2, 0.25) is 0 Å². The highest BCUT2D eigenvalue weighted by Crippen LogP contribution is 2.60. The Bertz CT molecular complexity index is 3980. The molecular weight excluding hydrogens is 901 g/mol. The Balaban J connectivity index is 0.887. The van der Waals surface area contributed by atoms with Crippen LogP contribution in [-0.4, -0.2) is 33.4 Å². The average Bonchev–Trinajstić information content (AvgIpc) is 3.75. The van der Waals surface area contributed by atoms with Gasteiger partial charge in [-0.05, 0) is 101 Å². The largest absolute Gasteiger partial charge is 0.375 e. The molecule has 0 spiro atoms. The number of hydrogen-bond donors (Lipinski definition) is 0. The van der Waals surface area contributed by atoms with Crippen LogP contribution in [0.1, 0.15) is 48.1 Å². The van der Waals surface area contributed by atoms with E-state index in [0.717, 1.165) is 89.9 Å². The van der Waals surface area contributed by atoms with E-state index in [4.69, 9.17) is 24.7 Å². The number of fused-ring (bicyclic) bond motifs is 8. The summed E-state index contributed by atoms with van der Waals surface area (Å²) in [4.78, 5) is 21.2. The van der Waals surface area contributed by atoms with Gasteiger partial charge in [0.05, 0.1) is 50.8 Å². The van der Waals surface area contributed by atoms with Gasteiger partial charge in [0.25, 0.3) is 0 Å². The van der Waals surface area contributed by atoms with E-state index in [0.29, 0.717) is 6.61 Å². The van der Waals surface area contributed by atoms with Crippen molar-refractivity contribution in [2.45, 2.75) is 31.8 Å². The van der Waals surface area contributed by atoms with Crippen LogP contribution >= 0.6 is 0 Å². The zero-order valence-corrected chi connectivity index (χ0v) is 41.4. The number of benzene rings is 7. The smallest absolute Gasteiger partial charge is 0.0972 e. The van der Waals surface area contributed by atoms with Crippen molar-refractivity contribution in [1.29, 1.82) is 0 Å². The highest BCUT2D eigenvalue weighted by Gasteiger charge is 2.50. The van der Waals surface area contributed by atoms with Gasteiger partial charge in [-0.2, -0.15) is 0 Å². The summed E-state index contributed by atoms with van der Waals surface area (Å²) in [5.41, 5.74) is 20.1. The van der Waals surface area contributed by atoms with Crippen molar-refractivity contribution < 1.29 is 4.74 Å². The number of pyridine rings is 3. The van der Waals surface area contributed by atoms with Gasteiger partial charge in [-0.25, -0.2) is 15.0 Å². The molecule has 3 aromatic heterocycles.